The Balaban J connectivity index is 2.11. The van der Waals surface area contributed by atoms with Crippen LogP contribution in [0.2, 0.25) is 0 Å². The van der Waals surface area contributed by atoms with Crippen molar-refractivity contribution in [1.82, 2.24) is 5.32 Å². The Bertz CT molecular complexity index is 369. The lowest BCUT2D eigenvalue weighted by Crippen LogP contribution is -2.25. The molecule has 1 N–H and O–H groups in total. The first-order chi connectivity index (χ1) is 8.26. The van der Waals surface area contributed by atoms with E-state index in [1.165, 1.54) is 29.7 Å². The van der Waals surface area contributed by atoms with E-state index < -0.39 is 0 Å². The van der Waals surface area contributed by atoms with Gasteiger partial charge in [-0.25, -0.2) is 0 Å². The molecule has 0 atom stereocenters. The molecule has 0 amide bonds. The van der Waals surface area contributed by atoms with Gasteiger partial charge in [0, 0.05) is 24.8 Å². The van der Waals surface area contributed by atoms with E-state index in [9.17, 15) is 0 Å². The van der Waals surface area contributed by atoms with Crippen LogP contribution in [0.3, 0.4) is 0 Å². The zero-order valence-electron chi connectivity index (χ0n) is 11.3. The normalized spacial score (nSPS) is 15.0. The van der Waals surface area contributed by atoms with Crippen molar-refractivity contribution in [3.8, 4) is 0 Å². The summed E-state index contributed by atoms with van der Waals surface area (Å²) in [5.41, 5.74) is 4.22. The highest BCUT2D eigenvalue weighted by Gasteiger charge is 2.28. The van der Waals surface area contributed by atoms with E-state index in [0.717, 1.165) is 25.7 Å². The molecule has 2 rings (SSSR count). The van der Waals surface area contributed by atoms with E-state index in [-0.39, 0.29) is 0 Å². The summed E-state index contributed by atoms with van der Waals surface area (Å²) in [6, 6.07) is 7.70. The fourth-order valence-corrected chi connectivity index (χ4v) is 2.35. The molecule has 0 heterocycles. The molecule has 1 saturated carbocycles. The highest BCUT2D eigenvalue weighted by molar-refractivity contribution is 5.52. The monoisotopic (exact) mass is 232 g/mol. The molecule has 0 aromatic heterocycles. The van der Waals surface area contributed by atoms with Crippen LogP contribution >= 0.6 is 0 Å². The van der Waals surface area contributed by atoms with Crippen LogP contribution in [-0.2, 0) is 6.54 Å². The molecule has 17 heavy (non-hydrogen) atoms. The summed E-state index contributed by atoms with van der Waals surface area (Å²) in [5, 5.41) is 3.39. The first-order valence-electron chi connectivity index (χ1n) is 6.83. The lowest BCUT2D eigenvalue weighted by Gasteiger charge is -2.23. The van der Waals surface area contributed by atoms with Crippen LogP contribution in [0.15, 0.2) is 18.2 Å². The minimum absolute atomic E-state index is 0.805. The van der Waals surface area contributed by atoms with Crippen molar-refractivity contribution in [1.29, 1.82) is 0 Å². The fourth-order valence-electron chi connectivity index (χ4n) is 2.35. The number of hydrogen-bond acceptors (Lipinski definition) is 2. The molecule has 0 aliphatic heterocycles. The van der Waals surface area contributed by atoms with Gasteiger partial charge in [0.15, 0.2) is 0 Å². The number of benzene rings is 1. The van der Waals surface area contributed by atoms with Gasteiger partial charge >= 0.3 is 0 Å². The smallest absolute Gasteiger partial charge is 0.0371 e. The van der Waals surface area contributed by atoms with Crippen molar-refractivity contribution in [2.75, 3.05) is 18.0 Å². The number of hydrogen-bond donors (Lipinski definition) is 1. The summed E-state index contributed by atoms with van der Waals surface area (Å²) < 4.78 is 0. The molecule has 1 aromatic carbocycles. The van der Waals surface area contributed by atoms with Crippen LogP contribution in [0.1, 0.15) is 37.8 Å². The molecule has 0 radical (unpaired) electrons. The first-order valence-corrected chi connectivity index (χ1v) is 6.83. The Hall–Kier alpha value is -1.02. The standard InChI is InChI=1S/C15H24N2/c1-4-16-11-13-6-7-15(10-12(13)3)17(5-2)14-8-9-14/h6-7,10,14,16H,4-5,8-9,11H2,1-3H3. The van der Waals surface area contributed by atoms with Gasteiger partial charge in [0.2, 0.25) is 0 Å². The van der Waals surface area contributed by atoms with Gasteiger partial charge in [-0.15, -0.1) is 0 Å². The van der Waals surface area contributed by atoms with E-state index >= 15 is 0 Å². The maximum Gasteiger partial charge on any atom is 0.0371 e. The molecular weight excluding hydrogens is 208 g/mol. The van der Waals surface area contributed by atoms with Crippen LogP contribution in [0.5, 0.6) is 0 Å². The number of anilines is 1. The van der Waals surface area contributed by atoms with Gasteiger partial charge in [-0.05, 0) is 56.5 Å². The van der Waals surface area contributed by atoms with Gasteiger partial charge in [-0.2, -0.15) is 0 Å². The summed E-state index contributed by atoms with van der Waals surface area (Å²) in [6.45, 7) is 9.76. The summed E-state index contributed by atoms with van der Waals surface area (Å²) in [4.78, 5) is 2.53. The predicted octanol–water partition coefficient (Wildman–Crippen LogP) is 3.09. The molecule has 0 bridgehead atoms. The zero-order chi connectivity index (χ0) is 12.3. The van der Waals surface area contributed by atoms with Gasteiger partial charge in [0.05, 0.1) is 0 Å². The Morgan fingerprint density at radius 2 is 2.06 bits per heavy atom. The number of nitrogens with zero attached hydrogens (tertiary/aromatic N) is 1. The molecule has 1 fully saturated rings. The topological polar surface area (TPSA) is 15.3 Å². The van der Waals surface area contributed by atoms with Gasteiger partial charge in [0.25, 0.3) is 0 Å². The second-order valence-corrected chi connectivity index (χ2v) is 4.91. The summed E-state index contributed by atoms with van der Waals surface area (Å²) in [5.74, 6) is 0. The molecule has 1 aliphatic rings. The van der Waals surface area contributed by atoms with Crippen molar-refractivity contribution in [3.63, 3.8) is 0 Å². The summed E-state index contributed by atoms with van der Waals surface area (Å²) >= 11 is 0. The maximum absolute atomic E-state index is 3.39. The molecule has 0 unspecified atom stereocenters. The van der Waals surface area contributed by atoms with Crippen molar-refractivity contribution < 1.29 is 0 Å². The van der Waals surface area contributed by atoms with E-state index in [2.05, 4.69) is 49.2 Å². The molecule has 1 aromatic rings. The molecule has 2 nitrogen and oxygen atoms in total. The Morgan fingerprint density at radius 1 is 1.29 bits per heavy atom. The van der Waals surface area contributed by atoms with Gasteiger partial charge in [0.1, 0.15) is 0 Å². The third-order valence-electron chi connectivity index (χ3n) is 3.55. The van der Waals surface area contributed by atoms with E-state index in [1.807, 2.05) is 0 Å². The average molecular weight is 232 g/mol. The average Bonchev–Trinajstić information content (AvgIpc) is 3.13. The van der Waals surface area contributed by atoms with Crippen molar-refractivity contribution in [3.05, 3.63) is 29.3 Å². The second kappa shape index (κ2) is 5.54. The molecule has 2 heteroatoms. The lowest BCUT2D eigenvalue weighted by atomic mass is 10.1. The van der Waals surface area contributed by atoms with E-state index in [1.54, 1.807) is 0 Å². The van der Waals surface area contributed by atoms with Gasteiger partial charge < -0.3 is 10.2 Å². The fraction of sp³-hybridized carbons (Fsp3) is 0.600. The van der Waals surface area contributed by atoms with Crippen LogP contribution < -0.4 is 10.2 Å². The largest absolute Gasteiger partial charge is 0.369 e. The third-order valence-corrected chi connectivity index (χ3v) is 3.55. The zero-order valence-corrected chi connectivity index (χ0v) is 11.3. The minimum Gasteiger partial charge on any atom is -0.369 e. The minimum atomic E-state index is 0.805. The van der Waals surface area contributed by atoms with E-state index in [0.29, 0.717) is 0 Å². The van der Waals surface area contributed by atoms with Crippen LogP contribution in [0, 0.1) is 6.92 Å². The first kappa shape index (κ1) is 12.4. The Labute approximate surface area is 105 Å². The van der Waals surface area contributed by atoms with Crippen molar-refractivity contribution in [2.24, 2.45) is 0 Å². The van der Waals surface area contributed by atoms with Crippen LogP contribution in [0.4, 0.5) is 5.69 Å². The van der Waals surface area contributed by atoms with Crippen LogP contribution in [0.25, 0.3) is 0 Å². The number of aryl methyl sites for hydroxylation is 1. The van der Waals surface area contributed by atoms with E-state index in [4.69, 9.17) is 0 Å². The van der Waals surface area contributed by atoms with Gasteiger partial charge in [-0.1, -0.05) is 13.0 Å². The molecular formula is C15H24N2. The molecule has 94 valence electrons. The van der Waals surface area contributed by atoms with Crippen molar-refractivity contribution in [2.45, 2.75) is 46.2 Å². The highest BCUT2D eigenvalue weighted by Crippen LogP contribution is 2.32. The highest BCUT2D eigenvalue weighted by atomic mass is 15.2. The maximum atomic E-state index is 3.39. The Kier molecular flexibility index (Phi) is 4.06. The molecule has 0 spiro atoms. The number of nitrogens with one attached hydrogen (secondary N) is 1. The van der Waals surface area contributed by atoms with Crippen LogP contribution in [-0.4, -0.2) is 19.1 Å². The summed E-state index contributed by atoms with van der Waals surface area (Å²) in [7, 11) is 0. The van der Waals surface area contributed by atoms with Gasteiger partial charge in [-0.3, -0.25) is 0 Å². The molecule has 1 aliphatic carbocycles. The van der Waals surface area contributed by atoms with Crippen molar-refractivity contribution >= 4 is 5.69 Å². The lowest BCUT2D eigenvalue weighted by molar-refractivity contribution is 0.723. The Morgan fingerprint density at radius 3 is 2.59 bits per heavy atom. The third kappa shape index (κ3) is 3.01. The molecule has 0 saturated heterocycles. The SMILES string of the molecule is CCNCc1ccc(N(CC)C2CC2)cc1C. The summed E-state index contributed by atoms with van der Waals surface area (Å²) in [6.07, 6.45) is 2.73. The number of rotatable bonds is 6. The predicted molar refractivity (Wildman–Crippen MR) is 74.6 cm³/mol. The quantitative estimate of drug-likeness (QED) is 0.811. The second-order valence-electron chi connectivity index (χ2n) is 4.91.